The van der Waals surface area contributed by atoms with Gasteiger partial charge in [0.15, 0.2) is 0 Å². The number of alkyl halides is 3. The highest BCUT2D eigenvalue weighted by molar-refractivity contribution is 5.81. The summed E-state index contributed by atoms with van der Waals surface area (Å²) in [6.07, 6.45) is -2.72. The molecule has 1 aromatic heterocycles. The van der Waals surface area contributed by atoms with E-state index in [2.05, 4.69) is 10.3 Å². The molecule has 0 spiro atoms. The van der Waals surface area contributed by atoms with Crippen molar-refractivity contribution in [3.05, 3.63) is 30.1 Å². The van der Waals surface area contributed by atoms with Crippen LogP contribution < -0.4 is 5.32 Å². The van der Waals surface area contributed by atoms with Crippen LogP contribution in [0.25, 0.3) is 11.0 Å². The van der Waals surface area contributed by atoms with Crippen molar-refractivity contribution in [3.63, 3.8) is 0 Å². The summed E-state index contributed by atoms with van der Waals surface area (Å²) in [4.78, 5) is 31.8. The van der Waals surface area contributed by atoms with E-state index >= 15 is 0 Å². The fraction of sp³-hybridized carbons (Fsp3) is 0.550. The normalized spacial score (nSPS) is 15.5. The summed E-state index contributed by atoms with van der Waals surface area (Å²) in [5, 5.41) is 2.85. The highest BCUT2D eigenvalue weighted by Gasteiger charge is 2.38. The van der Waals surface area contributed by atoms with E-state index in [0.29, 0.717) is 32.7 Å². The predicted octanol–water partition coefficient (Wildman–Crippen LogP) is 2.12. The number of imidazole rings is 1. The van der Waals surface area contributed by atoms with Crippen LogP contribution in [0.3, 0.4) is 0 Å². The lowest BCUT2D eigenvalue weighted by molar-refractivity contribution is -0.148. The molecule has 10 heteroatoms. The minimum absolute atomic E-state index is 0.0528. The van der Waals surface area contributed by atoms with E-state index in [-0.39, 0.29) is 23.5 Å². The first-order chi connectivity index (χ1) is 14.3. The van der Waals surface area contributed by atoms with Gasteiger partial charge in [0.2, 0.25) is 17.6 Å². The largest absolute Gasteiger partial charge is 0.449 e. The van der Waals surface area contributed by atoms with Gasteiger partial charge in [-0.1, -0.05) is 25.5 Å². The monoisotopic (exact) mass is 425 g/mol. The highest BCUT2D eigenvalue weighted by atomic mass is 19.4. The SMILES string of the molecule is CCCCNC(=O)CN1CCN(C(=O)Cn2c(C(F)(F)F)nc3ccccc32)CC1. The molecule has 1 aromatic carbocycles. The van der Waals surface area contributed by atoms with E-state index in [1.807, 2.05) is 11.8 Å². The molecular weight excluding hydrogens is 399 g/mol. The maximum Gasteiger partial charge on any atom is 0.449 e. The highest BCUT2D eigenvalue weighted by Crippen LogP contribution is 2.31. The second kappa shape index (κ2) is 9.46. The number of hydrogen-bond acceptors (Lipinski definition) is 4. The van der Waals surface area contributed by atoms with Crippen molar-refractivity contribution < 1.29 is 22.8 Å². The van der Waals surface area contributed by atoms with Crippen LogP contribution in [0.5, 0.6) is 0 Å². The molecule has 1 aliphatic rings. The molecule has 2 amide bonds. The first-order valence-corrected chi connectivity index (χ1v) is 10.1. The number of benzene rings is 1. The first kappa shape index (κ1) is 22.1. The zero-order valence-corrected chi connectivity index (χ0v) is 16.9. The standard InChI is InChI=1S/C20H26F3N5O2/c1-2-3-8-24-17(29)13-26-9-11-27(12-10-26)18(30)14-28-16-7-5-4-6-15(16)25-19(28)20(21,22)23/h4-7H,2-3,8-14H2,1H3,(H,24,29). The number of unbranched alkanes of at least 4 members (excludes halogenated alkanes) is 1. The Labute approximate surface area is 172 Å². The van der Waals surface area contributed by atoms with E-state index in [0.717, 1.165) is 17.4 Å². The fourth-order valence-electron chi connectivity index (χ4n) is 3.51. The number of hydrogen-bond donors (Lipinski definition) is 1. The smallest absolute Gasteiger partial charge is 0.355 e. The number of aromatic nitrogens is 2. The number of rotatable bonds is 7. The summed E-state index contributed by atoms with van der Waals surface area (Å²) in [5.74, 6) is -1.52. The van der Waals surface area contributed by atoms with Crippen LogP contribution >= 0.6 is 0 Å². The van der Waals surface area contributed by atoms with Gasteiger partial charge in [-0.2, -0.15) is 13.2 Å². The summed E-state index contributed by atoms with van der Waals surface area (Å²) in [7, 11) is 0. The second-order valence-corrected chi connectivity index (χ2v) is 7.37. The zero-order valence-electron chi connectivity index (χ0n) is 16.9. The van der Waals surface area contributed by atoms with Gasteiger partial charge in [-0.3, -0.25) is 14.5 Å². The first-order valence-electron chi connectivity index (χ1n) is 10.1. The van der Waals surface area contributed by atoms with Crippen LogP contribution in [-0.4, -0.2) is 70.4 Å². The Morgan fingerprint density at radius 2 is 1.80 bits per heavy atom. The Balaban J connectivity index is 1.60. The Bertz CT molecular complexity index is 888. The lowest BCUT2D eigenvalue weighted by Gasteiger charge is -2.34. The maximum atomic E-state index is 13.4. The summed E-state index contributed by atoms with van der Waals surface area (Å²) in [5.41, 5.74) is 0.483. The number of halogens is 3. The number of nitrogens with one attached hydrogen (secondary N) is 1. The van der Waals surface area contributed by atoms with Gasteiger partial charge >= 0.3 is 6.18 Å². The molecule has 1 N–H and O–H groups in total. The van der Waals surface area contributed by atoms with Gasteiger partial charge in [0.05, 0.1) is 17.6 Å². The van der Waals surface area contributed by atoms with Gasteiger partial charge in [0.1, 0.15) is 6.54 Å². The number of amides is 2. The second-order valence-electron chi connectivity index (χ2n) is 7.37. The third-order valence-corrected chi connectivity index (χ3v) is 5.15. The fourth-order valence-corrected chi connectivity index (χ4v) is 3.51. The molecule has 0 unspecified atom stereocenters. The number of piperazine rings is 1. The number of nitrogens with zero attached hydrogens (tertiary/aromatic N) is 4. The van der Waals surface area contributed by atoms with Crippen LogP contribution in [0.2, 0.25) is 0 Å². The molecule has 0 radical (unpaired) electrons. The zero-order chi connectivity index (χ0) is 21.7. The Morgan fingerprint density at radius 1 is 1.10 bits per heavy atom. The Kier molecular flexibility index (Phi) is 6.96. The molecular formula is C20H26F3N5O2. The van der Waals surface area contributed by atoms with Crippen molar-refractivity contribution in [1.82, 2.24) is 24.7 Å². The van der Waals surface area contributed by atoms with Gasteiger partial charge in [-0.15, -0.1) is 0 Å². The molecule has 7 nitrogen and oxygen atoms in total. The van der Waals surface area contributed by atoms with Crippen LogP contribution in [-0.2, 0) is 22.3 Å². The van der Waals surface area contributed by atoms with E-state index in [4.69, 9.17) is 0 Å². The molecule has 3 rings (SSSR count). The molecule has 1 aliphatic heterocycles. The quantitative estimate of drug-likeness (QED) is 0.690. The Morgan fingerprint density at radius 3 is 2.47 bits per heavy atom. The van der Waals surface area contributed by atoms with Crippen molar-refractivity contribution in [2.24, 2.45) is 0 Å². The maximum absolute atomic E-state index is 13.4. The molecule has 164 valence electrons. The van der Waals surface area contributed by atoms with E-state index < -0.39 is 24.5 Å². The average molecular weight is 425 g/mol. The molecule has 1 fully saturated rings. The molecule has 0 saturated carbocycles. The number of carbonyl (C=O) groups excluding carboxylic acids is 2. The van der Waals surface area contributed by atoms with Gasteiger partial charge in [0, 0.05) is 32.7 Å². The number of fused-ring (bicyclic) bond motifs is 1. The predicted molar refractivity (Wildman–Crippen MR) is 106 cm³/mol. The molecule has 30 heavy (non-hydrogen) atoms. The van der Waals surface area contributed by atoms with Crippen molar-refractivity contribution in [1.29, 1.82) is 0 Å². The summed E-state index contributed by atoms with van der Waals surface area (Å²) in [6, 6.07) is 6.25. The van der Waals surface area contributed by atoms with Crippen LogP contribution in [0, 0.1) is 0 Å². The molecule has 0 atom stereocenters. The average Bonchev–Trinajstić information content (AvgIpc) is 3.08. The minimum Gasteiger partial charge on any atom is -0.355 e. The molecule has 2 aromatic rings. The summed E-state index contributed by atoms with van der Waals surface area (Å²) >= 11 is 0. The van der Waals surface area contributed by atoms with Crippen molar-refractivity contribution in [3.8, 4) is 0 Å². The van der Waals surface area contributed by atoms with Gasteiger partial charge in [0.25, 0.3) is 0 Å². The van der Waals surface area contributed by atoms with Crippen molar-refractivity contribution in [2.45, 2.75) is 32.5 Å². The van der Waals surface area contributed by atoms with Crippen LogP contribution in [0.4, 0.5) is 13.2 Å². The third-order valence-electron chi connectivity index (χ3n) is 5.15. The van der Waals surface area contributed by atoms with Gasteiger partial charge < -0.3 is 14.8 Å². The van der Waals surface area contributed by atoms with Gasteiger partial charge in [-0.25, -0.2) is 4.98 Å². The molecule has 1 saturated heterocycles. The van der Waals surface area contributed by atoms with E-state index in [9.17, 15) is 22.8 Å². The third kappa shape index (κ3) is 5.29. The molecule has 0 aliphatic carbocycles. The topological polar surface area (TPSA) is 70.5 Å². The van der Waals surface area contributed by atoms with Crippen molar-refractivity contribution >= 4 is 22.8 Å². The Hall–Kier alpha value is -2.62. The lowest BCUT2D eigenvalue weighted by Crippen LogP contribution is -2.51. The van der Waals surface area contributed by atoms with E-state index in [1.54, 1.807) is 17.0 Å². The van der Waals surface area contributed by atoms with E-state index in [1.165, 1.54) is 12.1 Å². The lowest BCUT2D eigenvalue weighted by atomic mass is 10.3. The van der Waals surface area contributed by atoms with Crippen LogP contribution in [0.15, 0.2) is 24.3 Å². The summed E-state index contributed by atoms with van der Waals surface area (Å²) in [6.45, 7) is 4.28. The van der Waals surface area contributed by atoms with Crippen molar-refractivity contribution in [2.75, 3.05) is 39.3 Å². The summed E-state index contributed by atoms with van der Waals surface area (Å²) < 4.78 is 41.2. The molecule has 2 heterocycles. The minimum atomic E-state index is -4.65. The van der Waals surface area contributed by atoms with Crippen LogP contribution in [0.1, 0.15) is 25.6 Å². The number of para-hydroxylation sites is 2. The molecule has 0 bridgehead atoms. The van der Waals surface area contributed by atoms with Gasteiger partial charge in [-0.05, 0) is 18.6 Å². The number of carbonyl (C=O) groups is 2.